The van der Waals surface area contributed by atoms with E-state index < -0.39 is 0 Å². The van der Waals surface area contributed by atoms with E-state index in [9.17, 15) is 0 Å². The molecular formula is C12H12N4S2. The van der Waals surface area contributed by atoms with Crippen molar-refractivity contribution in [3.8, 4) is 6.07 Å². The summed E-state index contributed by atoms with van der Waals surface area (Å²) in [6.07, 6.45) is 1.18. The Hall–Kier alpha value is -1.58. The van der Waals surface area contributed by atoms with E-state index in [0.29, 0.717) is 12.1 Å². The Balaban J connectivity index is 2.19. The quantitative estimate of drug-likeness (QED) is 0.869. The molecule has 0 spiro atoms. The number of nitrogens with zero attached hydrogens (tertiary/aromatic N) is 3. The summed E-state index contributed by atoms with van der Waals surface area (Å²) in [5, 5.41) is 8.73. The first-order valence-corrected chi connectivity index (χ1v) is 7.07. The van der Waals surface area contributed by atoms with Crippen LogP contribution in [0.3, 0.4) is 0 Å². The van der Waals surface area contributed by atoms with Gasteiger partial charge in [0.2, 0.25) is 0 Å². The Kier molecular flexibility index (Phi) is 4.18. The fraction of sp³-hybridized carbons (Fsp3) is 0.250. The fourth-order valence-electron chi connectivity index (χ4n) is 1.41. The molecule has 0 saturated heterocycles. The van der Waals surface area contributed by atoms with E-state index in [1.165, 1.54) is 11.5 Å². The number of benzene rings is 1. The minimum atomic E-state index is 0.330. The third-order valence-electron chi connectivity index (χ3n) is 2.35. The van der Waals surface area contributed by atoms with E-state index in [0.717, 1.165) is 27.0 Å². The first kappa shape index (κ1) is 12.9. The van der Waals surface area contributed by atoms with Crippen LogP contribution in [-0.4, -0.2) is 9.36 Å². The molecule has 2 aromatic rings. The van der Waals surface area contributed by atoms with Crippen molar-refractivity contribution in [2.24, 2.45) is 0 Å². The predicted molar refractivity (Wildman–Crippen MR) is 73.6 cm³/mol. The molecule has 0 amide bonds. The van der Waals surface area contributed by atoms with Crippen molar-refractivity contribution in [2.45, 2.75) is 29.0 Å². The molecule has 2 N–H and O–H groups in total. The van der Waals surface area contributed by atoms with Crippen molar-refractivity contribution in [1.29, 1.82) is 5.26 Å². The van der Waals surface area contributed by atoms with Gasteiger partial charge in [0.15, 0.2) is 4.34 Å². The summed E-state index contributed by atoms with van der Waals surface area (Å²) >= 11 is 2.95. The number of anilines is 1. The number of aromatic nitrogens is 2. The van der Waals surface area contributed by atoms with E-state index >= 15 is 0 Å². The second-order valence-electron chi connectivity index (χ2n) is 3.63. The largest absolute Gasteiger partial charge is 0.398 e. The third-order valence-corrected chi connectivity index (χ3v) is 4.13. The van der Waals surface area contributed by atoms with Crippen LogP contribution in [0.5, 0.6) is 0 Å². The lowest BCUT2D eigenvalue weighted by molar-refractivity contribution is 0.971. The molecule has 4 nitrogen and oxygen atoms in total. The van der Waals surface area contributed by atoms with Crippen LogP contribution >= 0.6 is 23.3 Å². The average molecular weight is 276 g/mol. The molecule has 0 unspecified atom stereocenters. The van der Waals surface area contributed by atoms with Crippen LogP contribution in [0.25, 0.3) is 0 Å². The molecule has 0 aliphatic heterocycles. The van der Waals surface area contributed by atoms with Crippen molar-refractivity contribution < 1.29 is 0 Å². The van der Waals surface area contributed by atoms with E-state index in [4.69, 9.17) is 11.0 Å². The number of hydrogen-bond acceptors (Lipinski definition) is 6. The van der Waals surface area contributed by atoms with Gasteiger partial charge in [-0.05, 0) is 35.3 Å². The Morgan fingerprint density at radius 3 is 3.00 bits per heavy atom. The van der Waals surface area contributed by atoms with Gasteiger partial charge in [0.1, 0.15) is 5.82 Å². The van der Waals surface area contributed by atoms with Gasteiger partial charge in [-0.15, -0.1) is 0 Å². The standard InChI is InChI=1S/C12H12N4S2/c1-2-11-15-12(18-16-11)17-9-3-4-10(14)8(7-9)5-6-13/h3-4,7H,2,5,14H2,1H3. The third kappa shape index (κ3) is 3.00. The molecule has 1 aromatic carbocycles. The fourth-order valence-corrected chi connectivity index (χ4v) is 3.15. The van der Waals surface area contributed by atoms with E-state index in [2.05, 4.69) is 15.4 Å². The van der Waals surface area contributed by atoms with Crippen LogP contribution in [0.4, 0.5) is 5.69 Å². The topological polar surface area (TPSA) is 75.6 Å². The average Bonchev–Trinajstić information content (AvgIpc) is 2.81. The zero-order valence-electron chi connectivity index (χ0n) is 9.88. The summed E-state index contributed by atoms with van der Waals surface area (Å²) in [5.74, 6) is 0.871. The Labute approximate surface area is 114 Å². The molecule has 0 aliphatic rings. The van der Waals surface area contributed by atoms with Gasteiger partial charge >= 0.3 is 0 Å². The van der Waals surface area contributed by atoms with Gasteiger partial charge in [-0.3, -0.25) is 0 Å². The molecule has 0 fully saturated rings. The van der Waals surface area contributed by atoms with Gasteiger partial charge in [0, 0.05) is 17.0 Å². The van der Waals surface area contributed by atoms with Gasteiger partial charge in [0.05, 0.1) is 12.5 Å². The highest BCUT2D eigenvalue weighted by molar-refractivity contribution is 8.01. The molecule has 0 radical (unpaired) electrons. The molecule has 0 atom stereocenters. The van der Waals surface area contributed by atoms with Crippen molar-refractivity contribution in [3.05, 3.63) is 29.6 Å². The van der Waals surface area contributed by atoms with Gasteiger partial charge in [-0.25, -0.2) is 4.98 Å². The maximum atomic E-state index is 8.73. The van der Waals surface area contributed by atoms with E-state index in [1.807, 2.05) is 25.1 Å². The number of hydrogen-bond donors (Lipinski definition) is 1. The van der Waals surface area contributed by atoms with E-state index in [1.54, 1.807) is 11.8 Å². The van der Waals surface area contributed by atoms with Crippen LogP contribution in [0.1, 0.15) is 18.3 Å². The minimum Gasteiger partial charge on any atom is -0.398 e. The SMILES string of the molecule is CCc1nsc(Sc2ccc(N)c(CC#N)c2)n1. The Morgan fingerprint density at radius 2 is 2.33 bits per heavy atom. The van der Waals surface area contributed by atoms with Crippen LogP contribution < -0.4 is 5.73 Å². The van der Waals surface area contributed by atoms with Crippen LogP contribution in [0.2, 0.25) is 0 Å². The van der Waals surface area contributed by atoms with Crippen LogP contribution in [0, 0.1) is 11.3 Å². The van der Waals surface area contributed by atoms with Gasteiger partial charge < -0.3 is 5.73 Å². The maximum absolute atomic E-state index is 8.73. The van der Waals surface area contributed by atoms with Crippen molar-refractivity contribution >= 4 is 29.0 Å². The monoisotopic (exact) mass is 276 g/mol. The molecule has 18 heavy (non-hydrogen) atoms. The van der Waals surface area contributed by atoms with Crippen molar-refractivity contribution in [2.75, 3.05) is 5.73 Å². The molecule has 92 valence electrons. The molecule has 6 heteroatoms. The normalized spacial score (nSPS) is 10.2. The van der Waals surface area contributed by atoms with E-state index in [-0.39, 0.29) is 0 Å². The first-order chi connectivity index (χ1) is 8.72. The number of rotatable bonds is 4. The molecule has 0 aliphatic carbocycles. The number of nitriles is 1. The first-order valence-electron chi connectivity index (χ1n) is 5.48. The van der Waals surface area contributed by atoms with Crippen LogP contribution in [0.15, 0.2) is 27.4 Å². The molecular weight excluding hydrogens is 264 g/mol. The summed E-state index contributed by atoms with van der Waals surface area (Å²) in [5.41, 5.74) is 7.33. The highest BCUT2D eigenvalue weighted by atomic mass is 32.2. The minimum absolute atomic E-state index is 0.330. The van der Waals surface area contributed by atoms with Crippen molar-refractivity contribution in [3.63, 3.8) is 0 Å². The van der Waals surface area contributed by atoms with Gasteiger partial charge in [-0.2, -0.15) is 9.64 Å². The number of nitrogen functional groups attached to an aromatic ring is 1. The smallest absolute Gasteiger partial charge is 0.174 e. The summed E-state index contributed by atoms with van der Waals surface area (Å²) in [6, 6.07) is 7.82. The number of nitrogens with two attached hydrogens (primary N) is 1. The maximum Gasteiger partial charge on any atom is 0.174 e. The molecule has 1 heterocycles. The second-order valence-corrected chi connectivity index (χ2v) is 5.70. The zero-order chi connectivity index (χ0) is 13.0. The lowest BCUT2D eigenvalue weighted by Gasteiger charge is -2.03. The Morgan fingerprint density at radius 1 is 1.50 bits per heavy atom. The summed E-state index contributed by atoms with van der Waals surface area (Å²) in [6.45, 7) is 2.03. The molecule has 2 rings (SSSR count). The summed E-state index contributed by atoms with van der Waals surface area (Å²) < 4.78 is 5.16. The summed E-state index contributed by atoms with van der Waals surface area (Å²) in [4.78, 5) is 5.43. The number of aryl methyl sites for hydroxylation is 1. The summed E-state index contributed by atoms with van der Waals surface area (Å²) in [7, 11) is 0. The van der Waals surface area contributed by atoms with Crippen LogP contribution in [-0.2, 0) is 12.8 Å². The zero-order valence-corrected chi connectivity index (χ0v) is 11.5. The highest BCUT2D eigenvalue weighted by Crippen LogP contribution is 2.31. The van der Waals surface area contributed by atoms with Crippen molar-refractivity contribution in [1.82, 2.24) is 9.36 Å². The second kappa shape index (κ2) is 5.85. The van der Waals surface area contributed by atoms with Gasteiger partial charge in [0.25, 0.3) is 0 Å². The molecule has 0 bridgehead atoms. The van der Waals surface area contributed by atoms with Gasteiger partial charge in [-0.1, -0.05) is 18.7 Å². The lowest BCUT2D eigenvalue weighted by atomic mass is 10.1. The lowest BCUT2D eigenvalue weighted by Crippen LogP contribution is -1.93. The highest BCUT2D eigenvalue weighted by Gasteiger charge is 2.06. The Bertz CT molecular complexity index is 586. The molecule has 0 saturated carbocycles. The molecule has 1 aromatic heterocycles. The predicted octanol–water partition coefficient (Wildman–Crippen LogP) is 2.90.